The van der Waals surface area contributed by atoms with Gasteiger partial charge in [0.05, 0.1) is 12.5 Å². The quantitative estimate of drug-likeness (QED) is 0.711. The number of unbranched alkanes of at least 4 members (excludes halogenated alkanes) is 1. The Kier molecular flexibility index (Phi) is 5.49. The van der Waals surface area contributed by atoms with Crippen LogP contribution in [0.4, 0.5) is 0 Å². The molecule has 94 valence electrons. The third kappa shape index (κ3) is 4.07. The molecule has 0 aliphatic rings. The topological polar surface area (TPSA) is 72.5 Å². The molecule has 0 aliphatic carbocycles. The smallest absolute Gasteiger partial charge is 0.312 e. The third-order valence-corrected chi connectivity index (χ3v) is 2.58. The van der Waals surface area contributed by atoms with Gasteiger partial charge in [-0.15, -0.1) is 0 Å². The number of rotatable bonds is 7. The first-order valence-corrected chi connectivity index (χ1v) is 5.84. The number of benzene rings is 1. The first kappa shape index (κ1) is 13.5. The SMILES string of the molecule is CCCCOc1ccc(C(CN)C(=O)O)cc1. The summed E-state index contributed by atoms with van der Waals surface area (Å²) in [5.41, 5.74) is 6.14. The molecule has 0 aromatic heterocycles. The van der Waals surface area contributed by atoms with Crippen molar-refractivity contribution < 1.29 is 14.6 Å². The molecule has 1 unspecified atom stereocenters. The van der Waals surface area contributed by atoms with Crippen LogP contribution in [0.5, 0.6) is 5.75 Å². The average molecular weight is 237 g/mol. The second-order valence-corrected chi connectivity index (χ2v) is 3.90. The van der Waals surface area contributed by atoms with Gasteiger partial charge in [-0.05, 0) is 24.1 Å². The predicted octanol–water partition coefficient (Wildman–Crippen LogP) is 1.99. The van der Waals surface area contributed by atoms with Crippen molar-refractivity contribution in [2.75, 3.05) is 13.2 Å². The Labute approximate surface area is 101 Å². The van der Waals surface area contributed by atoms with Gasteiger partial charge >= 0.3 is 5.97 Å². The van der Waals surface area contributed by atoms with E-state index in [0.29, 0.717) is 12.2 Å². The highest BCUT2D eigenvalue weighted by Crippen LogP contribution is 2.19. The van der Waals surface area contributed by atoms with Gasteiger partial charge in [0.25, 0.3) is 0 Å². The Morgan fingerprint density at radius 2 is 2.06 bits per heavy atom. The maximum Gasteiger partial charge on any atom is 0.312 e. The molecule has 0 bridgehead atoms. The highest BCUT2D eigenvalue weighted by atomic mass is 16.5. The summed E-state index contributed by atoms with van der Waals surface area (Å²) < 4.78 is 5.50. The number of hydrogen-bond acceptors (Lipinski definition) is 3. The van der Waals surface area contributed by atoms with Crippen LogP contribution in [0, 0.1) is 0 Å². The van der Waals surface area contributed by atoms with Crippen molar-refractivity contribution in [3.8, 4) is 5.75 Å². The van der Waals surface area contributed by atoms with Gasteiger partial charge in [-0.25, -0.2) is 0 Å². The van der Waals surface area contributed by atoms with E-state index in [0.717, 1.165) is 18.6 Å². The first-order valence-electron chi connectivity index (χ1n) is 5.84. The monoisotopic (exact) mass is 237 g/mol. The number of hydrogen-bond donors (Lipinski definition) is 2. The molecule has 0 fully saturated rings. The van der Waals surface area contributed by atoms with E-state index in [1.807, 2.05) is 0 Å². The van der Waals surface area contributed by atoms with Gasteiger partial charge < -0.3 is 15.6 Å². The van der Waals surface area contributed by atoms with E-state index < -0.39 is 11.9 Å². The number of carbonyl (C=O) groups is 1. The lowest BCUT2D eigenvalue weighted by Gasteiger charge is -2.11. The Hall–Kier alpha value is -1.55. The summed E-state index contributed by atoms with van der Waals surface area (Å²) in [6.07, 6.45) is 2.11. The van der Waals surface area contributed by atoms with Crippen molar-refractivity contribution in [2.24, 2.45) is 5.73 Å². The standard InChI is InChI=1S/C13H19NO3/c1-2-3-8-17-11-6-4-10(5-7-11)12(9-14)13(15)16/h4-7,12H,2-3,8-9,14H2,1H3,(H,15,16). The predicted molar refractivity (Wildman–Crippen MR) is 66.3 cm³/mol. The molecule has 1 atom stereocenters. The van der Waals surface area contributed by atoms with E-state index in [1.54, 1.807) is 24.3 Å². The van der Waals surface area contributed by atoms with Crippen molar-refractivity contribution in [3.05, 3.63) is 29.8 Å². The minimum atomic E-state index is -0.896. The Balaban J connectivity index is 2.63. The molecule has 0 saturated carbocycles. The van der Waals surface area contributed by atoms with Gasteiger partial charge in [0, 0.05) is 6.54 Å². The molecule has 1 rings (SSSR count). The molecule has 4 heteroatoms. The van der Waals surface area contributed by atoms with Crippen molar-refractivity contribution in [3.63, 3.8) is 0 Å². The van der Waals surface area contributed by atoms with Crippen LogP contribution in [0.2, 0.25) is 0 Å². The summed E-state index contributed by atoms with van der Waals surface area (Å²) in [4.78, 5) is 10.9. The van der Waals surface area contributed by atoms with Crippen LogP contribution >= 0.6 is 0 Å². The van der Waals surface area contributed by atoms with Gasteiger partial charge in [0.1, 0.15) is 5.75 Å². The molecular weight excluding hydrogens is 218 g/mol. The van der Waals surface area contributed by atoms with Gasteiger partial charge in [-0.1, -0.05) is 25.5 Å². The minimum Gasteiger partial charge on any atom is -0.494 e. The molecule has 0 amide bonds. The second kappa shape index (κ2) is 6.91. The van der Waals surface area contributed by atoms with Crippen molar-refractivity contribution in [1.82, 2.24) is 0 Å². The summed E-state index contributed by atoms with van der Waals surface area (Å²) >= 11 is 0. The van der Waals surface area contributed by atoms with E-state index in [1.165, 1.54) is 0 Å². The molecule has 0 heterocycles. The average Bonchev–Trinajstić information content (AvgIpc) is 2.32. The van der Waals surface area contributed by atoms with Gasteiger partial charge in [0.2, 0.25) is 0 Å². The molecule has 3 N–H and O–H groups in total. The fourth-order valence-electron chi connectivity index (χ4n) is 1.51. The summed E-state index contributed by atoms with van der Waals surface area (Å²) in [5.74, 6) is -0.768. The summed E-state index contributed by atoms with van der Waals surface area (Å²) in [6, 6.07) is 7.09. The molecular formula is C13H19NO3. The summed E-state index contributed by atoms with van der Waals surface area (Å²) in [7, 11) is 0. The van der Waals surface area contributed by atoms with Crippen LogP contribution in [-0.4, -0.2) is 24.2 Å². The largest absolute Gasteiger partial charge is 0.494 e. The third-order valence-electron chi connectivity index (χ3n) is 2.58. The Morgan fingerprint density at radius 3 is 2.53 bits per heavy atom. The van der Waals surface area contributed by atoms with Crippen LogP contribution in [-0.2, 0) is 4.79 Å². The maximum absolute atomic E-state index is 10.9. The lowest BCUT2D eigenvalue weighted by molar-refractivity contribution is -0.138. The fourth-order valence-corrected chi connectivity index (χ4v) is 1.51. The second-order valence-electron chi connectivity index (χ2n) is 3.90. The molecule has 4 nitrogen and oxygen atoms in total. The molecule has 0 aliphatic heterocycles. The van der Waals surface area contributed by atoms with E-state index in [2.05, 4.69) is 6.92 Å². The minimum absolute atomic E-state index is 0.103. The van der Waals surface area contributed by atoms with E-state index in [4.69, 9.17) is 15.6 Å². The van der Waals surface area contributed by atoms with Crippen LogP contribution in [0.25, 0.3) is 0 Å². The lowest BCUT2D eigenvalue weighted by Crippen LogP contribution is -2.20. The molecule has 0 radical (unpaired) electrons. The van der Waals surface area contributed by atoms with E-state index >= 15 is 0 Å². The number of ether oxygens (including phenoxy) is 1. The molecule has 1 aromatic rings. The van der Waals surface area contributed by atoms with Gasteiger partial charge in [-0.3, -0.25) is 4.79 Å². The highest BCUT2D eigenvalue weighted by molar-refractivity contribution is 5.76. The summed E-state index contributed by atoms with van der Waals surface area (Å²) in [5, 5.41) is 8.96. The zero-order chi connectivity index (χ0) is 12.7. The zero-order valence-electron chi connectivity index (χ0n) is 10.1. The number of carboxylic acid groups (broad SMARTS) is 1. The highest BCUT2D eigenvalue weighted by Gasteiger charge is 2.17. The Bertz CT molecular complexity index is 348. The normalized spacial score (nSPS) is 12.1. The molecule has 17 heavy (non-hydrogen) atoms. The number of carboxylic acids is 1. The van der Waals surface area contributed by atoms with Crippen LogP contribution in [0.1, 0.15) is 31.2 Å². The fraction of sp³-hybridized carbons (Fsp3) is 0.462. The van der Waals surface area contributed by atoms with Crippen LogP contribution in [0.3, 0.4) is 0 Å². The van der Waals surface area contributed by atoms with E-state index in [9.17, 15) is 4.79 Å². The maximum atomic E-state index is 10.9. The van der Waals surface area contributed by atoms with Crippen LogP contribution in [0.15, 0.2) is 24.3 Å². The molecule has 1 aromatic carbocycles. The van der Waals surface area contributed by atoms with Gasteiger partial charge in [-0.2, -0.15) is 0 Å². The summed E-state index contributed by atoms with van der Waals surface area (Å²) in [6.45, 7) is 2.89. The van der Waals surface area contributed by atoms with Crippen molar-refractivity contribution >= 4 is 5.97 Å². The first-order chi connectivity index (χ1) is 8.19. The number of nitrogens with two attached hydrogens (primary N) is 1. The zero-order valence-corrected chi connectivity index (χ0v) is 10.1. The van der Waals surface area contributed by atoms with Crippen LogP contribution < -0.4 is 10.5 Å². The van der Waals surface area contributed by atoms with Crippen molar-refractivity contribution in [1.29, 1.82) is 0 Å². The van der Waals surface area contributed by atoms with Gasteiger partial charge in [0.15, 0.2) is 0 Å². The Morgan fingerprint density at radius 1 is 1.41 bits per heavy atom. The molecule has 0 spiro atoms. The van der Waals surface area contributed by atoms with E-state index in [-0.39, 0.29) is 6.54 Å². The number of aliphatic carboxylic acids is 1. The van der Waals surface area contributed by atoms with Crippen molar-refractivity contribution in [2.45, 2.75) is 25.7 Å². The lowest BCUT2D eigenvalue weighted by atomic mass is 9.99. The molecule has 0 saturated heterocycles.